The standard InChI is InChI=1S/C20H22N4O3/c1-13-11-18(23-27-13)22-19(25)12-24(3)14(2)20(26)21-17-10-6-8-15-7-4-5-9-16(15)17/h4-11,14H,12H2,1-3H3,(H,21,26)(H,22,23,25)/t14-/m0/s1. The molecule has 1 aromatic heterocycles. The SMILES string of the molecule is Cc1cc(NC(=O)CN(C)[C@@H](C)C(=O)Nc2cccc3ccccc23)no1. The van der Waals surface area contributed by atoms with E-state index in [1.807, 2.05) is 42.5 Å². The van der Waals surface area contributed by atoms with Gasteiger partial charge in [-0.1, -0.05) is 41.6 Å². The van der Waals surface area contributed by atoms with Gasteiger partial charge in [0.2, 0.25) is 11.8 Å². The van der Waals surface area contributed by atoms with Crippen molar-refractivity contribution in [2.24, 2.45) is 0 Å². The Bertz CT molecular complexity index is 961. The molecule has 2 aromatic carbocycles. The molecule has 1 atom stereocenters. The van der Waals surface area contributed by atoms with E-state index in [9.17, 15) is 9.59 Å². The number of anilines is 2. The van der Waals surface area contributed by atoms with E-state index in [1.54, 1.807) is 31.9 Å². The lowest BCUT2D eigenvalue weighted by molar-refractivity contribution is -0.122. The molecule has 3 aromatic rings. The third-order valence-corrected chi connectivity index (χ3v) is 4.38. The van der Waals surface area contributed by atoms with E-state index < -0.39 is 6.04 Å². The maximum atomic E-state index is 12.6. The van der Waals surface area contributed by atoms with Crippen molar-refractivity contribution >= 4 is 34.1 Å². The van der Waals surface area contributed by atoms with Gasteiger partial charge in [0, 0.05) is 17.1 Å². The number of carbonyl (C=O) groups is 2. The molecule has 7 heteroatoms. The molecule has 0 aliphatic rings. The molecule has 0 radical (unpaired) electrons. The van der Waals surface area contributed by atoms with E-state index in [2.05, 4.69) is 15.8 Å². The topological polar surface area (TPSA) is 87.5 Å². The zero-order valence-electron chi connectivity index (χ0n) is 15.5. The van der Waals surface area contributed by atoms with Crippen LogP contribution >= 0.6 is 0 Å². The number of amides is 2. The summed E-state index contributed by atoms with van der Waals surface area (Å²) >= 11 is 0. The lowest BCUT2D eigenvalue weighted by Crippen LogP contribution is -2.43. The molecule has 0 aliphatic heterocycles. The van der Waals surface area contributed by atoms with Gasteiger partial charge in [0.05, 0.1) is 12.6 Å². The molecule has 0 spiro atoms. The van der Waals surface area contributed by atoms with Gasteiger partial charge in [-0.2, -0.15) is 0 Å². The third-order valence-electron chi connectivity index (χ3n) is 4.38. The highest BCUT2D eigenvalue weighted by Crippen LogP contribution is 2.23. The van der Waals surface area contributed by atoms with Gasteiger partial charge >= 0.3 is 0 Å². The van der Waals surface area contributed by atoms with Crippen molar-refractivity contribution in [3.8, 4) is 0 Å². The van der Waals surface area contributed by atoms with Crippen molar-refractivity contribution in [3.05, 3.63) is 54.3 Å². The Morgan fingerprint density at radius 1 is 1.15 bits per heavy atom. The van der Waals surface area contributed by atoms with Crippen molar-refractivity contribution in [1.29, 1.82) is 0 Å². The minimum absolute atomic E-state index is 0.0516. The number of hydrogen-bond donors (Lipinski definition) is 2. The number of aromatic nitrogens is 1. The fourth-order valence-corrected chi connectivity index (χ4v) is 2.74. The Kier molecular flexibility index (Phi) is 5.52. The number of carbonyl (C=O) groups excluding carboxylic acids is 2. The summed E-state index contributed by atoms with van der Waals surface area (Å²) in [5.74, 6) is 0.523. The highest BCUT2D eigenvalue weighted by molar-refractivity contribution is 6.03. The van der Waals surface area contributed by atoms with Gasteiger partial charge in [-0.25, -0.2) is 0 Å². The van der Waals surface area contributed by atoms with Crippen LogP contribution in [0.15, 0.2) is 53.1 Å². The Morgan fingerprint density at radius 3 is 2.63 bits per heavy atom. The first kappa shape index (κ1) is 18.6. The van der Waals surface area contributed by atoms with Crippen LogP contribution in [0.3, 0.4) is 0 Å². The average molecular weight is 366 g/mol. The van der Waals surface area contributed by atoms with Crippen molar-refractivity contribution in [2.75, 3.05) is 24.2 Å². The first-order valence-corrected chi connectivity index (χ1v) is 8.66. The van der Waals surface area contributed by atoms with Crippen LogP contribution in [0.5, 0.6) is 0 Å². The van der Waals surface area contributed by atoms with Gasteiger partial charge in [0.1, 0.15) is 5.76 Å². The number of benzene rings is 2. The highest BCUT2D eigenvalue weighted by atomic mass is 16.5. The van der Waals surface area contributed by atoms with Crippen LogP contribution < -0.4 is 10.6 Å². The molecule has 3 rings (SSSR count). The molecule has 2 amide bonds. The van der Waals surface area contributed by atoms with Gasteiger partial charge in [-0.15, -0.1) is 0 Å². The molecular weight excluding hydrogens is 344 g/mol. The minimum atomic E-state index is -0.492. The molecule has 27 heavy (non-hydrogen) atoms. The monoisotopic (exact) mass is 366 g/mol. The first-order chi connectivity index (χ1) is 12.9. The zero-order valence-corrected chi connectivity index (χ0v) is 15.5. The second-order valence-electron chi connectivity index (χ2n) is 6.48. The van der Waals surface area contributed by atoms with E-state index in [-0.39, 0.29) is 18.4 Å². The van der Waals surface area contributed by atoms with E-state index in [1.165, 1.54) is 0 Å². The number of likely N-dealkylation sites (N-methyl/N-ethyl adjacent to an activating group) is 1. The summed E-state index contributed by atoms with van der Waals surface area (Å²) in [4.78, 5) is 26.4. The predicted octanol–water partition coefficient (Wildman–Crippen LogP) is 3.03. The van der Waals surface area contributed by atoms with Gasteiger partial charge in [-0.3, -0.25) is 14.5 Å². The van der Waals surface area contributed by atoms with Crippen LogP contribution in [0.1, 0.15) is 12.7 Å². The van der Waals surface area contributed by atoms with Gasteiger partial charge < -0.3 is 15.2 Å². The summed E-state index contributed by atoms with van der Waals surface area (Å²) in [5.41, 5.74) is 0.751. The first-order valence-electron chi connectivity index (χ1n) is 8.66. The second kappa shape index (κ2) is 8.01. The lowest BCUT2D eigenvalue weighted by atomic mass is 10.1. The lowest BCUT2D eigenvalue weighted by Gasteiger charge is -2.23. The molecule has 0 fully saturated rings. The molecular formula is C20H22N4O3. The largest absolute Gasteiger partial charge is 0.360 e. The normalized spacial score (nSPS) is 12.1. The summed E-state index contributed by atoms with van der Waals surface area (Å²) in [6, 6.07) is 14.8. The van der Waals surface area contributed by atoms with Crippen molar-refractivity contribution in [3.63, 3.8) is 0 Å². The van der Waals surface area contributed by atoms with Crippen molar-refractivity contribution in [2.45, 2.75) is 19.9 Å². The summed E-state index contributed by atoms with van der Waals surface area (Å²) in [6.07, 6.45) is 0. The quantitative estimate of drug-likeness (QED) is 0.700. The molecule has 140 valence electrons. The molecule has 0 aliphatic carbocycles. The molecule has 0 bridgehead atoms. The van der Waals surface area contributed by atoms with Crippen LogP contribution in [-0.2, 0) is 9.59 Å². The zero-order chi connectivity index (χ0) is 19.4. The number of nitrogens with one attached hydrogen (secondary N) is 2. The number of rotatable bonds is 6. The fourth-order valence-electron chi connectivity index (χ4n) is 2.74. The van der Waals surface area contributed by atoms with Crippen LogP contribution in [0.25, 0.3) is 10.8 Å². The summed E-state index contributed by atoms with van der Waals surface area (Å²) < 4.78 is 4.92. The Balaban J connectivity index is 1.61. The maximum absolute atomic E-state index is 12.6. The minimum Gasteiger partial charge on any atom is -0.360 e. The smallest absolute Gasteiger partial charge is 0.241 e. The van der Waals surface area contributed by atoms with Crippen LogP contribution in [0.2, 0.25) is 0 Å². The molecule has 0 saturated heterocycles. The number of fused-ring (bicyclic) bond motifs is 1. The summed E-state index contributed by atoms with van der Waals surface area (Å²) in [6.45, 7) is 3.55. The molecule has 7 nitrogen and oxygen atoms in total. The average Bonchev–Trinajstić information content (AvgIpc) is 3.05. The number of nitrogens with zero attached hydrogens (tertiary/aromatic N) is 2. The Morgan fingerprint density at radius 2 is 1.89 bits per heavy atom. The maximum Gasteiger partial charge on any atom is 0.241 e. The number of aryl methyl sites for hydroxylation is 1. The van der Waals surface area contributed by atoms with E-state index in [0.29, 0.717) is 11.6 Å². The van der Waals surface area contributed by atoms with Crippen LogP contribution in [0, 0.1) is 6.92 Å². The molecule has 2 N–H and O–H groups in total. The van der Waals surface area contributed by atoms with Gasteiger partial charge in [0.15, 0.2) is 5.82 Å². The third kappa shape index (κ3) is 4.51. The summed E-state index contributed by atoms with van der Waals surface area (Å²) in [5, 5.41) is 11.3. The number of hydrogen-bond acceptors (Lipinski definition) is 5. The van der Waals surface area contributed by atoms with Crippen molar-refractivity contribution in [1.82, 2.24) is 10.1 Å². The predicted molar refractivity (Wildman–Crippen MR) is 105 cm³/mol. The second-order valence-corrected chi connectivity index (χ2v) is 6.48. The van der Waals surface area contributed by atoms with E-state index in [4.69, 9.17) is 4.52 Å². The Labute approximate surface area is 157 Å². The highest BCUT2D eigenvalue weighted by Gasteiger charge is 2.21. The molecule has 1 heterocycles. The van der Waals surface area contributed by atoms with Crippen LogP contribution in [0.4, 0.5) is 11.5 Å². The Hall–Kier alpha value is -3.19. The molecule has 0 unspecified atom stereocenters. The van der Waals surface area contributed by atoms with E-state index >= 15 is 0 Å². The van der Waals surface area contributed by atoms with Crippen LogP contribution in [-0.4, -0.2) is 41.5 Å². The van der Waals surface area contributed by atoms with Gasteiger partial charge in [0.25, 0.3) is 0 Å². The van der Waals surface area contributed by atoms with Gasteiger partial charge in [-0.05, 0) is 32.3 Å². The fraction of sp³-hybridized carbons (Fsp3) is 0.250. The summed E-state index contributed by atoms with van der Waals surface area (Å²) in [7, 11) is 1.72. The van der Waals surface area contributed by atoms with Crippen molar-refractivity contribution < 1.29 is 14.1 Å². The molecule has 0 saturated carbocycles. The van der Waals surface area contributed by atoms with E-state index in [0.717, 1.165) is 16.5 Å².